The van der Waals surface area contributed by atoms with Gasteiger partial charge in [-0.3, -0.25) is 15.2 Å². The van der Waals surface area contributed by atoms with E-state index >= 15 is 0 Å². The number of rotatable bonds is 6. The Morgan fingerprint density at radius 1 is 1.37 bits per heavy atom. The number of amides is 1. The van der Waals surface area contributed by atoms with E-state index in [1.165, 1.54) is 0 Å². The first kappa shape index (κ1) is 13.3. The van der Waals surface area contributed by atoms with Gasteiger partial charge in [0, 0.05) is 18.3 Å². The maximum Gasteiger partial charge on any atom is 0.300 e. The zero-order valence-corrected chi connectivity index (χ0v) is 10.3. The molecule has 2 heterocycles. The SMILES string of the molecule is NNC(=O)c1ccc(COCCc2ccccn2)o1. The molecule has 0 aliphatic carbocycles. The van der Waals surface area contributed by atoms with Gasteiger partial charge in [-0.25, -0.2) is 5.84 Å². The largest absolute Gasteiger partial charge is 0.453 e. The van der Waals surface area contributed by atoms with Crippen LogP contribution in [0.15, 0.2) is 40.9 Å². The Morgan fingerprint density at radius 2 is 2.26 bits per heavy atom. The minimum atomic E-state index is -0.459. The van der Waals surface area contributed by atoms with Gasteiger partial charge >= 0.3 is 5.91 Å². The topological polar surface area (TPSA) is 90.4 Å². The van der Waals surface area contributed by atoms with Crippen molar-refractivity contribution < 1.29 is 13.9 Å². The lowest BCUT2D eigenvalue weighted by Crippen LogP contribution is -2.29. The van der Waals surface area contributed by atoms with E-state index in [0.717, 1.165) is 12.1 Å². The summed E-state index contributed by atoms with van der Waals surface area (Å²) in [6.45, 7) is 0.848. The van der Waals surface area contributed by atoms with Gasteiger partial charge in [-0.2, -0.15) is 0 Å². The van der Waals surface area contributed by atoms with Gasteiger partial charge in [-0.15, -0.1) is 0 Å². The van der Waals surface area contributed by atoms with Crippen LogP contribution in [0.5, 0.6) is 0 Å². The van der Waals surface area contributed by atoms with Crippen molar-refractivity contribution in [3.63, 3.8) is 0 Å². The fourth-order valence-corrected chi connectivity index (χ4v) is 1.54. The molecule has 2 aromatic rings. The van der Waals surface area contributed by atoms with Crippen LogP contribution in [0.2, 0.25) is 0 Å². The van der Waals surface area contributed by atoms with Crippen LogP contribution in [0.3, 0.4) is 0 Å². The molecule has 0 spiro atoms. The molecule has 1 amide bonds. The Balaban J connectivity index is 1.74. The summed E-state index contributed by atoms with van der Waals surface area (Å²) in [5, 5.41) is 0. The third-order valence-corrected chi connectivity index (χ3v) is 2.49. The van der Waals surface area contributed by atoms with Crippen LogP contribution >= 0.6 is 0 Å². The minimum absolute atomic E-state index is 0.172. The van der Waals surface area contributed by atoms with E-state index in [1.807, 2.05) is 23.6 Å². The molecule has 0 atom stereocenters. The lowest BCUT2D eigenvalue weighted by molar-refractivity contribution is 0.0898. The van der Waals surface area contributed by atoms with Crippen molar-refractivity contribution in [2.45, 2.75) is 13.0 Å². The lowest BCUT2D eigenvalue weighted by atomic mass is 10.3. The zero-order chi connectivity index (χ0) is 13.5. The van der Waals surface area contributed by atoms with E-state index in [0.29, 0.717) is 19.0 Å². The summed E-state index contributed by atoms with van der Waals surface area (Å²) < 4.78 is 10.7. The molecule has 0 saturated carbocycles. The number of carbonyl (C=O) groups is 1. The molecule has 100 valence electrons. The highest BCUT2D eigenvalue weighted by Gasteiger charge is 2.09. The van der Waals surface area contributed by atoms with Crippen LogP contribution in [-0.4, -0.2) is 17.5 Å². The van der Waals surface area contributed by atoms with Gasteiger partial charge < -0.3 is 9.15 Å². The molecular formula is C13H15N3O3. The van der Waals surface area contributed by atoms with Gasteiger partial charge in [-0.1, -0.05) is 6.07 Å². The number of hydrogen-bond acceptors (Lipinski definition) is 5. The van der Waals surface area contributed by atoms with Crippen LogP contribution < -0.4 is 11.3 Å². The summed E-state index contributed by atoms with van der Waals surface area (Å²) in [5.74, 6) is 5.30. The number of pyridine rings is 1. The first-order valence-electron chi connectivity index (χ1n) is 5.87. The fraction of sp³-hybridized carbons (Fsp3) is 0.231. The Labute approximate surface area is 110 Å². The molecule has 19 heavy (non-hydrogen) atoms. The normalized spacial score (nSPS) is 10.4. The average molecular weight is 261 g/mol. The van der Waals surface area contributed by atoms with Gasteiger partial charge in [0.25, 0.3) is 0 Å². The Hall–Kier alpha value is -2.18. The molecule has 0 bridgehead atoms. The zero-order valence-electron chi connectivity index (χ0n) is 10.3. The van der Waals surface area contributed by atoms with E-state index < -0.39 is 5.91 Å². The highest BCUT2D eigenvalue weighted by molar-refractivity contribution is 5.90. The Morgan fingerprint density at radius 3 is 3.00 bits per heavy atom. The van der Waals surface area contributed by atoms with E-state index in [-0.39, 0.29) is 5.76 Å². The third kappa shape index (κ3) is 3.90. The van der Waals surface area contributed by atoms with Crippen LogP contribution in [0.25, 0.3) is 0 Å². The highest BCUT2D eigenvalue weighted by Crippen LogP contribution is 2.09. The van der Waals surface area contributed by atoms with E-state index in [2.05, 4.69) is 4.98 Å². The summed E-state index contributed by atoms with van der Waals surface area (Å²) in [7, 11) is 0. The molecule has 6 heteroatoms. The molecule has 0 aliphatic rings. The molecule has 3 N–H and O–H groups in total. The van der Waals surface area contributed by atoms with Gasteiger partial charge in [0.15, 0.2) is 5.76 Å². The van der Waals surface area contributed by atoms with E-state index in [1.54, 1.807) is 18.3 Å². The Kier molecular flexibility index (Phi) is 4.66. The first-order valence-corrected chi connectivity index (χ1v) is 5.87. The fourth-order valence-electron chi connectivity index (χ4n) is 1.54. The number of hydrogen-bond donors (Lipinski definition) is 2. The van der Waals surface area contributed by atoms with Gasteiger partial charge in [-0.05, 0) is 24.3 Å². The number of nitrogen functional groups attached to an aromatic ring is 1. The monoisotopic (exact) mass is 261 g/mol. The van der Waals surface area contributed by atoms with Crippen molar-refractivity contribution in [2.24, 2.45) is 5.84 Å². The number of aromatic nitrogens is 1. The number of furan rings is 1. The van der Waals surface area contributed by atoms with Gasteiger partial charge in [0.1, 0.15) is 12.4 Å². The number of nitrogens with two attached hydrogens (primary N) is 1. The summed E-state index contributed by atoms with van der Waals surface area (Å²) >= 11 is 0. The summed E-state index contributed by atoms with van der Waals surface area (Å²) in [6.07, 6.45) is 2.48. The predicted molar refractivity (Wildman–Crippen MR) is 68.0 cm³/mol. The van der Waals surface area contributed by atoms with E-state index in [4.69, 9.17) is 15.0 Å². The minimum Gasteiger partial charge on any atom is -0.453 e. The molecule has 0 saturated heterocycles. The molecule has 0 radical (unpaired) electrons. The maximum absolute atomic E-state index is 11.2. The van der Waals surface area contributed by atoms with Crippen molar-refractivity contribution in [1.82, 2.24) is 10.4 Å². The molecule has 0 unspecified atom stereocenters. The van der Waals surface area contributed by atoms with Gasteiger partial charge in [0.2, 0.25) is 0 Å². The van der Waals surface area contributed by atoms with Gasteiger partial charge in [0.05, 0.1) is 6.61 Å². The number of carbonyl (C=O) groups excluding carboxylic acids is 1. The standard InChI is InChI=1S/C13H15N3O3/c14-16-13(17)12-5-4-11(19-12)9-18-8-6-10-3-1-2-7-15-10/h1-5,7H,6,8-9,14H2,(H,16,17). The predicted octanol–water partition coefficient (Wildman–Crippen LogP) is 1.04. The third-order valence-electron chi connectivity index (χ3n) is 2.49. The summed E-state index contributed by atoms with van der Waals surface area (Å²) in [5.41, 5.74) is 2.98. The van der Waals surface area contributed by atoms with Crippen LogP contribution in [0.4, 0.5) is 0 Å². The second-order valence-electron chi connectivity index (χ2n) is 3.86. The quantitative estimate of drug-likeness (QED) is 0.351. The van der Waals surface area contributed by atoms with E-state index in [9.17, 15) is 4.79 Å². The average Bonchev–Trinajstić information content (AvgIpc) is 2.93. The van der Waals surface area contributed by atoms with Crippen molar-refractivity contribution in [3.8, 4) is 0 Å². The molecule has 0 fully saturated rings. The Bertz CT molecular complexity index is 525. The van der Waals surface area contributed by atoms with Crippen LogP contribution in [0, 0.1) is 0 Å². The number of nitrogens with zero attached hydrogens (tertiary/aromatic N) is 1. The van der Waals surface area contributed by atoms with Crippen molar-refractivity contribution in [2.75, 3.05) is 6.61 Å². The maximum atomic E-state index is 11.2. The molecule has 0 aromatic carbocycles. The lowest BCUT2D eigenvalue weighted by Gasteiger charge is -2.02. The second kappa shape index (κ2) is 6.67. The molecule has 2 aromatic heterocycles. The van der Waals surface area contributed by atoms with Crippen molar-refractivity contribution >= 4 is 5.91 Å². The number of nitrogens with one attached hydrogen (secondary N) is 1. The summed E-state index contributed by atoms with van der Waals surface area (Å²) in [6, 6.07) is 8.99. The van der Waals surface area contributed by atoms with Crippen molar-refractivity contribution in [1.29, 1.82) is 0 Å². The second-order valence-corrected chi connectivity index (χ2v) is 3.86. The molecule has 6 nitrogen and oxygen atoms in total. The number of hydrazine groups is 1. The molecular weight excluding hydrogens is 246 g/mol. The smallest absolute Gasteiger partial charge is 0.300 e. The van der Waals surface area contributed by atoms with Crippen LogP contribution in [0.1, 0.15) is 22.0 Å². The molecule has 2 rings (SSSR count). The molecule has 0 aliphatic heterocycles. The van der Waals surface area contributed by atoms with Crippen LogP contribution in [-0.2, 0) is 17.8 Å². The van der Waals surface area contributed by atoms with Crippen molar-refractivity contribution in [3.05, 3.63) is 53.7 Å². The number of ether oxygens (including phenoxy) is 1. The highest BCUT2D eigenvalue weighted by atomic mass is 16.5. The summed E-state index contributed by atoms with van der Waals surface area (Å²) in [4.78, 5) is 15.4. The first-order chi connectivity index (χ1) is 9.29.